The lowest BCUT2D eigenvalue weighted by atomic mass is 10.0. The molecule has 0 aliphatic carbocycles. The molecular formula is C15H30N2O3. The summed E-state index contributed by atoms with van der Waals surface area (Å²) in [6.07, 6.45) is 3.64. The minimum Gasteiger partial charge on any atom is -0.481 e. The Bertz CT molecular complexity index is 291. The van der Waals surface area contributed by atoms with Crippen molar-refractivity contribution in [2.75, 3.05) is 13.1 Å². The predicted octanol–water partition coefficient (Wildman–Crippen LogP) is 3.10. The van der Waals surface area contributed by atoms with Gasteiger partial charge in [0.25, 0.3) is 0 Å². The van der Waals surface area contributed by atoms with Gasteiger partial charge in [-0.1, -0.05) is 40.0 Å². The summed E-state index contributed by atoms with van der Waals surface area (Å²) in [5.41, 5.74) is 0. The average molecular weight is 286 g/mol. The Labute approximate surface area is 122 Å². The molecule has 0 spiro atoms. The highest BCUT2D eigenvalue weighted by Gasteiger charge is 2.20. The van der Waals surface area contributed by atoms with E-state index in [0.717, 1.165) is 25.8 Å². The van der Waals surface area contributed by atoms with Crippen LogP contribution in [-0.4, -0.2) is 41.1 Å². The molecular weight excluding hydrogens is 256 g/mol. The van der Waals surface area contributed by atoms with Gasteiger partial charge in [-0.25, -0.2) is 4.79 Å². The van der Waals surface area contributed by atoms with Crippen molar-refractivity contribution in [1.29, 1.82) is 0 Å². The third-order valence-electron chi connectivity index (χ3n) is 3.69. The Kier molecular flexibility index (Phi) is 9.86. The van der Waals surface area contributed by atoms with E-state index in [2.05, 4.69) is 19.2 Å². The number of nitrogens with zero attached hydrogens (tertiary/aromatic N) is 1. The van der Waals surface area contributed by atoms with E-state index >= 15 is 0 Å². The third kappa shape index (κ3) is 7.36. The van der Waals surface area contributed by atoms with Gasteiger partial charge in [-0.15, -0.1) is 0 Å². The van der Waals surface area contributed by atoms with Crippen molar-refractivity contribution in [3.8, 4) is 0 Å². The SMILES string of the molecule is CCCC(CC(=O)O)NC(=O)N(CC)CC(CC)CC. The second-order valence-electron chi connectivity index (χ2n) is 5.25. The lowest BCUT2D eigenvalue weighted by Crippen LogP contribution is -2.47. The maximum Gasteiger partial charge on any atom is 0.317 e. The van der Waals surface area contributed by atoms with Crippen LogP contribution in [-0.2, 0) is 4.79 Å². The van der Waals surface area contributed by atoms with Crippen molar-refractivity contribution in [3.05, 3.63) is 0 Å². The molecule has 0 aromatic rings. The van der Waals surface area contributed by atoms with Gasteiger partial charge in [0.05, 0.1) is 6.42 Å². The van der Waals surface area contributed by atoms with Crippen molar-refractivity contribution in [2.24, 2.45) is 5.92 Å². The summed E-state index contributed by atoms with van der Waals surface area (Å²) in [4.78, 5) is 24.8. The van der Waals surface area contributed by atoms with E-state index in [1.165, 1.54) is 0 Å². The molecule has 5 heteroatoms. The highest BCUT2D eigenvalue weighted by atomic mass is 16.4. The first kappa shape index (κ1) is 18.7. The van der Waals surface area contributed by atoms with E-state index < -0.39 is 5.97 Å². The summed E-state index contributed by atoms with van der Waals surface area (Å²) in [5.74, 6) is -0.364. The Balaban J connectivity index is 4.52. The van der Waals surface area contributed by atoms with Crippen molar-refractivity contribution < 1.29 is 14.7 Å². The quantitative estimate of drug-likeness (QED) is 0.648. The minimum absolute atomic E-state index is 0.0118. The molecule has 0 bridgehead atoms. The molecule has 0 fully saturated rings. The molecule has 0 heterocycles. The summed E-state index contributed by atoms with van der Waals surface area (Å²) < 4.78 is 0. The summed E-state index contributed by atoms with van der Waals surface area (Å²) in [6, 6.07) is -0.417. The van der Waals surface area contributed by atoms with E-state index in [1.807, 2.05) is 13.8 Å². The summed E-state index contributed by atoms with van der Waals surface area (Å²) >= 11 is 0. The normalized spacial score (nSPS) is 12.2. The van der Waals surface area contributed by atoms with Crippen molar-refractivity contribution in [2.45, 2.75) is 65.8 Å². The van der Waals surface area contributed by atoms with Gasteiger partial charge >= 0.3 is 12.0 Å². The number of hydrogen-bond acceptors (Lipinski definition) is 2. The number of nitrogens with one attached hydrogen (secondary N) is 1. The van der Waals surface area contributed by atoms with Gasteiger partial charge in [0, 0.05) is 19.1 Å². The molecule has 1 unspecified atom stereocenters. The zero-order valence-electron chi connectivity index (χ0n) is 13.3. The van der Waals surface area contributed by atoms with E-state index in [0.29, 0.717) is 18.9 Å². The number of carbonyl (C=O) groups is 2. The molecule has 0 aromatic carbocycles. The van der Waals surface area contributed by atoms with Crippen LogP contribution in [0.5, 0.6) is 0 Å². The van der Waals surface area contributed by atoms with Gasteiger partial charge < -0.3 is 15.3 Å². The zero-order chi connectivity index (χ0) is 15.5. The van der Waals surface area contributed by atoms with Crippen LogP contribution in [0, 0.1) is 5.92 Å². The number of carbonyl (C=O) groups excluding carboxylic acids is 1. The maximum atomic E-state index is 12.2. The number of hydrogen-bond donors (Lipinski definition) is 2. The number of amides is 2. The standard InChI is InChI=1S/C15H30N2O3/c1-5-9-13(10-14(18)19)16-15(20)17(8-4)11-12(6-2)7-3/h12-13H,5-11H2,1-4H3,(H,16,20)(H,18,19). The minimum atomic E-state index is -0.869. The fourth-order valence-corrected chi connectivity index (χ4v) is 2.26. The molecule has 0 rings (SSSR count). The number of rotatable bonds is 10. The fraction of sp³-hybridized carbons (Fsp3) is 0.867. The smallest absolute Gasteiger partial charge is 0.317 e. The molecule has 0 radical (unpaired) electrons. The molecule has 0 aliphatic heterocycles. The largest absolute Gasteiger partial charge is 0.481 e. The number of carboxylic acids is 1. The molecule has 0 aromatic heterocycles. The van der Waals surface area contributed by atoms with Gasteiger partial charge in [-0.05, 0) is 19.3 Å². The van der Waals surface area contributed by atoms with Crippen LogP contribution in [0.15, 0.2) is 0 Å². The topological polar surface area (TPSA) is 69.6 Å². The van der Waals surface area contributed by atoms with Gasteiger partial charge in [0.2, 0.25) is 0 Å². The third-order valence-corrected chi connectivity index (χ3v) is 3.69. The first-order chi connectivity index (χ1) is 9.48. The number of carboxylic acid groups (broad SMARTS) is 1. The summed E-state index contributed by atoms with van der Waals surface area (Å²) in [5, 5.41) is 11.7. The van der Waals surface area contributed by atoms with Crippen LogP contribution in [0.1, 0.15) is 59.8 Å². The summed E-state index contributed by atoms with van der Waals surface area (Å²) in [6.45, 7) is 9.58. The number of aliphatic carboxylic acids is 1. The van der Waals surface area contributed by atoms with Crippen molar-refractivity contribution in [3.63, 3.8) is 0 Å². The van der Waals surface area contributed by atoms with Gasteiger partial charge in [0.15, 0.2) is 0 Å². The van der Waals surface area contributed by atoms with E-state index in [1.54, 1.807) is 4.90 Å². The molecule has 118 valence electrons. The fourth-order valence-electron chi connectivity index (χ4n) is 2.26. The Morgan fingerprint density at radius 1 is 1.15 bits per heavy atom. The Morgan fingerprint density at radius 3 is 2.15 bits per heavy atom. The van der Waals surface area contributed by atoms with E-state index in [-0.39, 0.29) is 18.5 Å². The van der Waals surface area contributed by atoms with E-state index in [4.69, 9.17) is 5.11 Å². The number of urea groups is 1. The van der Waals surface area contributed by atoms with Crippen LogP contribution in [0.2, 0.25) is 0 Å². The molecule has 0 saturated heterocycles. The lowest BCUT2D eigenvalue weighted by Gasteiger charge is -2.28. The van der Waals surface area contributed by atoms with Crippen LogP contribution in [0.4, 0.5) is 4.79 Å². The Morgan fingerprint density at radius 2 is 1.75 bits per heavy atom. The van der Waals surface area contributed by atoms with Crippen LogP contribution in [0.3, 0.4) is 0 Å². The highest BCUT2D eigenvalue weighted by molar-refractivity contribution is 5.75. The molecule has 1 atom stereocenters. The highest BCUT2D eigenvalue weighted by Crippen LogP contribution is 2.11. The molecule has 0 aliphatic rings. The van der Waals surface area contributed by atoms with Gasteiger partial charge in [-0.2, -0.15) is 0 Å². The first-order valence-corrected chi connectivity index (χ1v) is 7.75. The average Bonchev–Trinajstić information content (AvgIpc) is 2.39. The van der Waals surface area contributed by atoms with Gasteiger partial charge in [0.1, 0.15) is 0 Å². The summed E-state index contributed by atoms with van der Waals surface area (Å²) in [7, 11) is 0. The van der Waals surface area contributed by atoms with Crippen molar-refractivity contribution in [1.82, 2.24) is 10.2 Å². The van der Waals surface area contributed by atoms with E-state index in [9.17, 15) is 9.59 Å². The molecule has 0 saturated carbocycles. The molecule has 20 heavy (non-hydrogen) atoms. The maximum absolute atomic E-state index is 12.2. The van der Waals surface area contributed by atoms with Crippen molar-refractivity contribution >= 4 is 12.0 Å². The predicted molar refractivity (Wildman–Crippen MR) is 80.8 cm³/mol. The molecule has 2 N–H and O–H groups in total. The first-order valence-electron chi connectivity index (χ1n) is 7.75. The van der Waals surface area contributed by atoms with Crippen LogP contribution < -0.4 is 5.32 Å². The van der Waals surface area contributed by atoms with Crippen LogP contribution in [0.25, 0.3) is 0 Å². The second kappa shape index (κ2) is 10.5. The second-order valence-corrected chi connectivity index (χ2v) is 5.25. The lowest BCUT2D eigenvalue weighted by molar-refractivity contribution is -0.137. The zero-order valence-corrected chi connectivity index (χ0v) is 13.3. The molecule has 5 nitrogen and oxygen atoms in total. The monoisotopic (exact) mass is 286 g/mol. The Hall–Kier alpha value is -1.26. The van der Waals surface area contributed by atoms with Gasteiger partial charge in [-0.3, -0.25) is 4.79 Å². The molecule has 2 amide bonds. The van der Waals surface area contributed by atoms with Crippen LogP contribution >= 0.6 is 0 Å².